The van der Waals surface area contributed by atoms with Gasteiger partial charge in [0.25, 0.3) is 0 Å². The van der Waals surface area contributed by atoms with Gasteiger partial charge < -0.3 is 26.4 Å². The van der Waals surface area contributed by atoms with Gasteiger partial charge in [-0.3, -0.25) is 0 Å². The lowest BCUT2D eigenvalue weighted by atomic mass is 10.1. The van der Waals surface area contributed by atoms with Crippen LogP contribution in [0.2, 0.25) is 0 Å². The van der Waals surface area contributed by atoms with Crippen LogP contribution in [0.4, 0.5) is 17.6 Å². The summed E-state index contributed by atoms with van der Waals surface area (Å²) < 4.78 is 1.76. The SMILES string of the molecule is CCCC(CCO)Nc1nc(N)c2ncc(Cc3cnc(N4CCNCC4)c(C)c3)n2n1. The van der Waals surface area contributed by atoms with Crippen LogP contribution in [0.3, 0.4) is 0 Å². The van der Waals surface area contributed by atoms with Crippen LogP contribution in [0.25, 0.3) is 5.65 Å². The maximum Gasteiger partial charge on any atom is 0.243 e. The van der Waals surface area contributed by atoms with Crippen molar-refractivity contribution in [2.75, 3.05) is 48.7 Å². The molecule has 1 fully saturated rings. The lowest BCUT2D eigenvalue weighted by Crippen LogP contribution is -2.44. The van der Waals surface area contributed by atoms with Crippen LogP contribution in [-0.4, -0.2) is 68.5 Å². The smallest absolute Gasteiger partial charge is 0.243 e. The quantitative estimate of drug-likeness (QED) is 0.390. The zero-order valence-electron chi connectivity index (χ0n) is 18.9. The van der Waals surface area contributed by atoms with Crippen molar-refractivity contribution in [1.82, 2.24) is 29.9 Å². The number of nitrogens with one attached hydrogen (secondary N) is 2. The first kappa shape index (κ1) is 22.2. The summed E-state index contributed by atoms with van der Waals surface area (Å²) in [6.07, 6.45) is 6.93. The number of imidazole rings is 1. The molecule has 172 valence electrons. The van der Waals surface area contributed by atoms with E-state index in [9.17, 15) is 5.11 Å². The lowest BCUT2D eigenvalue weighted by molar-refractivity contribution is 0.276. The van der Waals surface area contributed by atoms with Crippen LogP contribution >= 0.6 is 0 Å². The first-order valence-corrected chi connectivity index (χ1v) is 11.4. The summed E-state index contributed by atoms with van der Waals surface area (Å²) in [5.74, 6) is 1.83. The Labute approximate surface area is 188 Å². The molecular weight excluding hydrogens is 406 g/mol. The number of aromatic nitrogens is 5. The number of anilines is 3. The van der Waals surface area contributed by atoms with Gasteiger partial charge in [0.2, 0.25) is 5.95 Å². The van der Waals surface area contributed by atoms with Crippen molar-refractivity contribution in [3.63, 3.8) is 0 Å². The average Bonchev–Trinajstić information content (AvgIpc) is 3.18. The number of nitrogen functional groups attached to an aromatic ring is 1. The predicted molar refractivity (Wildman–Crippen MR) is 126 cm³/mol. The third-order valence-corrected chi connectivity index (χ3v) is 5.82. The number of fused-ring (bicyclic) bond motifs is 1. The highest BCUT2D eigenvalue weighted by molar-refractivity contribution is 5.61. The second-order valence-electron chi connectivity index (χ2n) is 8.35. The summed E-state index contributed by atoms with van der Waals surface area (Å²) in [5, 5.41) is 20.7. The highest BCUT2D eigenvalue weighted by atomic mass is 16.3. The number of pyridine rings is 1. The Balaban J connectivity index is 1.56. The first-order valence-electron chi connectivity index (χ1n) is 11.4. The van der Waals surface area contributed by atoms with E-state index in [0.29, 0.717) is 30.3 Å². The Kier molecular flexibility index (Phi) is 7.01. The largest absolute Gasteiger partial charge is 0.396 e. The van der Waals surface area contributed by atoms with Crippen LogP contribution in [0.5, 0.6) is 0 Å². The molecule has 5 N–H and O–H groups in total. The molecule has 4 rings (SSSR count). The molecule has 32 heavy (non-hydrogen) atoms. The number of hydrogen-bond donors (Lipinski definition) is 4. The van der Waals surface area contributed by atoms with Crippen molar-refractivity contribution in [3.05, 3.63) is 35.3 Å². The van der Waals surface area contributed by atoms with Gasteiger partial charge in [-0.1, -0.05) is 19.4 Å². The van der Waals surface area contributed by atoms with E-state index in [4.69, 9.17) is 10.7 Å². The van der Waals surface area contributed by atoms with Crippen molar-refractivity contribution in [2.24, 2.45) is 0 Å². The Morgan fingerprint density at radius 3 is 2.75 bits per heavy atom. The molecule has 0 amide bonds. The van der Waals surface area contributed by atoms with Gasteiger partial charge in [0.15, 0.2) is 11.5 Å². The van der Waals surface area contributed by atoms with E-state index in [1.807, 2.05) is 6.20 Å². The standard InChI is InChI=1S/C22H33N9O/c1-3-4-17(5-10-32)27-22-28-19(23)21-26-14-18(31(21)29-22)12-16-11-15(2)20(25-13-16)30-8-6-24-7-9-30/h11,13-14,17,24,32H,3-10,12H2,1-2H3,(H3,23,27,28,29). The van der Waals surface area contributed by atoms with Crippen LogP contribution in [0.1, 0.15) is 43.0 Å². The van der Waals surface area contributed by atoms with E-state index < -0.39 is 0 Å². The lowest BCUT2D eigenvalue weighted by Gasteiger charge is -2.29. The van der Waals surface area contributed by atoms with Crippen molar-refractivity contribution >= 4 is 23.2 Å². The highest BCUT2D eigenvalue weighted by Gasteiger charge is 2.17. The first-order chi connectivity index (χ1) is 15.6. The molecule has 0 aromatic carbocycles. The molecule has 1 aliphatic heterocycles. The number of nitrogens with zero attached hydrogens (tertiary/aromatic N) is 6. The van der Waals surface area contributed by atoms with Crippen molar-refractivity contribution < 1.29 is 5.11 Å². The number of aliphatic hydroxyl groups excluding tert-OH is 1. The monoisotopic (exact) mass is 439 g/mol. The second-order valence-corrected chi connectivity index (χ2v) is 8.35. The number of hydrogen-bond acceptors (Lipinski definition) is 9. The molecule has 0 spiro atoms. The van der Waals surface area contributed by atoms with Crippen LogP contribution in [0, 0.1) is 6.92 Å². The van der Waals surface area contributed by atoms with E-state index in [0.717, 1.165) is 56.1 Å². The van der Waals surface area contributed by atoms with Crippen LogP contribution in [-0.2, 0) is 6.42 Å². The molecule has 3 aromatic rings. The van der Waals surface area contributed by atoms with Crippen molar-refractivity contribution in [3.8, 4) is 0 Å². The van der Waals surface area contributed by atoms with Gasteiger partial charge in [0.1, 0.15) is 5.82 Å². The van der Waals surface area contributed by atoms with E-state index in [1.165, 1.54) is 5.56 Å². The van der Waals surface area contributed by atoms with Gasteiger partial charge in [-0.25, -0.2) is 14.5 Å². The summed E-state index contributed by atoms with van der Waals surface area (Å²) in [6, 6.07) is 2.28. The molecule has 10 heteroatoms. The number of piperazine rings is 1. The fourth-order valence-electron chi connectivity index (χ4n) is 4.24. The molecule has 1 unspecified atom stereocenters. The molecule has 1 aliphatic rings. The van der Waals surface area contributed by atoms with Gasteiger partial charge in [-0.15, -0.1) is 5.10 Å². The minimum absolute atomic E-state index is 0.0956. The Morgan fingerprint density at radius 2 is 2.03 bits per heavy atom. The normalized spacial score (nSPS) is 15.3. The third-order valence-electron chi connectivity index (χ3n) is 5.82. The molecule has 0 radical (unpaired) electrons. The molecule has 10 nitrogen and oxygen atoms in total. The number of nitrogens with two attached hydrogens (primary N) is 1. The van der Waals surface area contributed by atoms with Gasteiger partial charge in [0.05, 0.1) is 11.9 Å². The van der Waals surface area contributed by atoms with Gasteiger partial charge in [0, 0.05) is 51.4 Å². The Hall–Kier alpha value is -2.98. The number of rotatable bonds is 9. The molecule has 0 saturated carbocycles. The maximum absolute atomic E-state index is 9.34. The van der Waals surface area contributed by atoms with E-state index in [-0.39, 0.29) is 12.6 Å². The minimum atomic E-state index is 0.0956. The van der Waals surface area contributed by atoms with E-state index in [2.05, 4.69) is 50.5 Å². The predicted octanol–water partition coefficient (Wildman–Crippen LogP) is 1.37. The number of aryl methyl sites for hydroxylation is 1. The minimum Gasteiger partial charge on any atom is -0.396 e. The van der Waals surface area contributed by atoms with E-state index in [1.54, 1.807) is 10.7 Å². The fraction of sp³-hybridized carbons (Fsp3) is 0.545. The Morgan fingerprint density at radius 1 is 1.22 bits per heavy atom. The molecule has 3 aromatic heterocycles. The zero-order chi connectivity index (χ0) is 22.5. The van der Waals surface area contributed by atoms with Crippen molar-refractivity contribution in [1.29, 1.82) is 0 Å². The van der Waals surface area contributed by atoms with Crippen LogP contribution < -0.4 is 21.3 Å². The summed E-state index contributed by atoms with van der Waals surface area (Å²) in [7, 11) is 0. The second kappa shape index (κ2) is 10.1. The molecule has 0 bridgehead atoms. The molecule has 4 heterocycles. The highest BCUT2D eigenvalue weighted by Crippen LogP contribution is 2.21. The molecule has 1 atom stereocenters. The topological polar surface area (TPSA) is 130 Å². The maximum atomic E-state index is 9.34. The van der Waals surface area contributed by atoms with Gasteiger partial charge >= 0.3 is 0 Å². The molecule has 0 aliphatic carbocycles. The molecular formula is C22H33N9O. The van der Waals surface area contributed by atoms with E-state index >= 15 is 0 Å². The van der Waals surface area contributed by atoms with Gasteiger partial charge in [-0.05, 0) is 30.9 Å². The summed E-state index contributed by atoms with van der Waals surface area (Å²) in [6.45, 7) is 8.26. The summed E-state index contributed by atoms with van der Waals surface area (Å²) >= 11 is 0. The molecule has 1 saturated heterocycles. The summed E-state index contributed by atoms with van der Waals surface area (Å²) in [4.78, 5) is 15.9. The van der Waals surface area contributed by atoms with Crippen molar-refractivity contribution in [2.45, 2.75) is 45.6 Å². The number of aliphatic hydroxyl groups is 1. The van der Waals surface area contributed by atoms with Gasteiger partial charge in [-0.2, -0.15) is 4.98 Å². The third kappa shape index (κ3) is 4.91. The zero-order valence-corrected chi connectivity index (χ0v) is 18.9. The Bertz CT molecular complexity index is 1040. The average molecular weight is 440 g/mol. The van der Waals surface area contributed by atoms with Crippen LogP contribution in [0.15, 0.2) is 18.5 Å². The fourth-order valence-corrected chi connectivity index (χ4v) is 4.24. The summed E-state index contributed by atoms with van der Waals surface area (Å²) in [5.41, 5.74) is 9.89.